The molecule has 0 spiro atoms. The number of ether oxygens (including phenoxy) is 1. The maximum absolute atomic E-state index is 12.1. The van der Waals surface area contributed by atoms with Crippen molar-refractivity contribution in [3.63, 3.8) is 0 Å². The second-order valence-corrected chi connectivity index (χ2v) is 9.07. The highest BCUT2D eigenvalue weighted by Gasteiger charge is 2.20. The van der Waals surface area contributed by atoms with Gasteiger partial charge in [-0.05, 0) is 83.0 Å². The lowest BCUT2D eigenvalue weighted by atomic mass is 9.98. The molecule has 6 N–H and O–H groups in total. The van der Waals surface area contributed by atoms with Gasteiger partial charge in [-0.3, -0.25) is 4.79 Å². The van der Waals surface area contributed by atoms with Crippen LogP contribution in [0.4, 0.5) is 4.79 Å². The van der Waals surface area contributed by atoms with Gasteiger partial charge in [-0.2, -0.15) is 0 Å². The fourth-order valence-corrected chi connectivity index (χ4v) is 4.31. The molecule has 0 heterocycles. The summed E-state index contributed by atoms with van der Waals surface area (Å²) in [7, 11) is 1.29. The first-order chi connectivity index (χ1) is 15.1. The first kappa shape index (κ1) is 26.1. The van der Waals surface area contributed by atoms with Crippen molar-refractivity contribution in [2.75, 3.05) is 13.7 Å². The molecular formula is C20H21Br3N2O7. The monoisotopic (exact) mass is 638 g/mol. The van der Waals surface area contributed by atoms with E-state index in [1.165, 1.54) is 19.2 Å². The molecule has 0 aliphatic rings. The predicted octanol–water partition coefficient (Wildman–Crippen LogP) is 4.14. The van der Waals surface area contributed by atoms with Crippen LogP contribution in [0.25, 0.3) is 0 Å². The van der Waals surface area contributed by atoms with Crippen LogP contribution in [0, 0.1) is 0 Å². The summed E-state index contributed by atoms with van der Waals surface area (Å²) in [5.74, 6) is -1.75. The molecule has 0 unspecified atom stereocenters. The molecule has 2 rings (SSSR count). The molecule has 32 heavy (non-hydrogen) atoms. The van der Waals surface area contributed by atoms with E-state index in [-0.39, 0.29) is 63.8 Å². The average molecular weight is 641 g/mol. The van der Waals surface area contributed by atoms with Gasteiger partial charge in [0.25, 0.3) is 0 Å². The molecule has 2 amide bonds. The molecule has 174 valence electrons. The number of benzene rings is 2. The fourth-order valence-electron chi connectivity index (χ4n) is 2.81. The van der Waals surface area contributed by atoms with Crippen LogP contribution in [0.2, 0.25) is 0 Å². The Labute approximate surface area is 209 Å². The van der Waals surface area contributed by atoms with E-state index in [1.54, 1.807) is 0 Å². The number of phenolic OH excluding ortho intramolecular Hbond substituents is 4. The summed E-state index contributed by atoms with van der Waals surface area (Å²) >= 11 is 9.83. The number of hydrogen-bond acceptors (Lipinski definition) is 7. The molecule has 0 aromatic heterocycles. The molecule has 0 radical (unpaired) electrons. The molecule has 2 aromatic rings. The summed E-state index contributed by atoms with van der Waals surface area (Å²) < 4.78 is 5.52. The number of esters is 1. The van der Waals surface area contributed by atoms with Gasteiger partial charge in [-0.1, -0.05) is 0 Å². The maximum atomic E-state index is 12.1. The number of carbonyl (C=O) groups is 2. The van der Waals surface area contributed by atoms with Gasteiger partial charge in [0.2, 0.25) is 0 Å². The van der Waals surface area contributed by atoms with Crippen LogP contribution >= 0.6 is 47.8 Å². The number of methoxy groups -OCH3 is 1. The largest absolute Gasteiger partial charge is 0.504 e. The smallest absolute Gasteiger partial charge is 0.315 e. The lowest BCUT2D eigenvalue weighted by Crippen LogP contribution is -2.36. The van der Waals surface area contributed by atoms with Crippen LogP contribution in [-0.2, 0) is 22.5 Å². The molecule has 0 aliphatic heterocycles. The van der Waals surface area contributed by atoms with Crippen LogP contribution < -0.4 is 10.6 Å². The van der Waals surface area contributed by atoms with Crippen LogP contribution in [0.5, 0.6) is 23.0 Å². The number of hydrogen-bond donors (Lipinski definition) is 6. The van der Waals surface area contributed by atoms with Crippen molar-refractivity contribution in [2.45, 2.75) is 25.8 Å². The van der Waals surface area contributed by atoms with Gasteiger partial charge in [0.05, 0.1) is 16.1 Å². The van der Waals surface area contributed by atoms with E-state index in [0.29, 0.717) is 27.6 Å². The number of phenols is 4. The van der Waals surface area contributed by atoms with Crippen molar-refractivity contribution in [1.82, 2.24) is 10.6 Å². The van der Waals surface area contributed by atoms with Crippen molar-refractivity contribution in [1.29, 1.82) is 0 Å². The third kappa shape index (κ3) is 6.42. The average Bonchev–Trinajstić information content (AvgIpc) is 2.77. The molecule has 0 aliphatic carbocycles. The SMILES string of the molecule is COC(=O)CCCNC(=O)NCc1cc(O)c(O)c(Br)c1Cc1cc(O)c(O)c(Br)c1Br. The fraction of sp³-hybridized carbons (Fsp3) is 0.300. The van der Waals surface area contributed by atoms with Crippen molar-refractivity contribution >= 4 is 59.8 Å². The minimum atomic E-state index is -0.476. The molecule has 2 aromatic carbocycles. The third-order valence-electron chi connectivity index (χ3n) is 4.53. The molecular weight excluding hydrogens is 620 g/mol. The summed E-state index contributed by atoms with van der Waals surface area (Å²) in [6, 6.07) is 2.22. The first-order valence-electron chi connectivity index (χ1n) is 9.26. The lowest BCUT2D eigenvalue weighted by molar-refractivity contribution is -0.140. The Bertz CT molecular complexity index is 1030. The zero-order valence-electron chi connectivity index (χ0n) is 16.8. The van der Waals surface area contributed by atoms with Gasteiger partial charge in [0, 0.05) is 30.4 Å². The molecule has 9 nitrogen and oxygen atoms in total. The van der Waals surface area contributed by atoms with E-state index >= 15 is 0 Å². The minimum Gasteiger partial charge on any atom is -0.504 e. The second-order valence-electron chi connectivity index (χ2n) is 6.69. The Morgan fingerprint density at radius 3 is 2.12 bits per heavy atom. The highest BCUT2D eigenvalue weighted by atomic mass is 79.9. The van der Waals surface area contributed by atoms with Gasteiger partial charge in [0.1, 0.15) is 0 Å². The summed E-state index contributed by atoms with van der Waals surface area (Å²) in [4.78, 5) is 23.2. The van der Waals surface area contributed by atoms with Crippen LogP contribution in [-0.4, -0.2) is 46.1 Å². The van der Waals surface area contributed by atoms with Crippen molar-refractivity contribution in [2.24, 2.45) is 0 Å². The number of amides is 2. The summed E-state index contributed by atoms with van der Waals surface area (Å²) in [6.07, 6.45) is 0.785. The van der Waals surface area contributed by atoms with E-state index in [1.807, 2.05) is 0 Å². The molecule has 0 atom stereocenters. The summed E-state index contributed by atoms with van der Waals surface area (Å²) in [6.45, 7) is 0.291. The van der Waals surface area contributed by atoms with E-state index in [0.717, 1.165) is 0 Å². The van der Waals surface area contributed by atoms with Gasteiger partial charge < -0.3 is 35.8 Å². The predicted molar refractivity (Wildman–Crippen MR) is 127 cm³/mol. The van der Waals surface area contributed by atoms with Gasteiger partial charge in [-0.25, -0.2) is 4.79 Å². The van der Waals surface area contributed by atoms with E-state index in [2.05, 4.69) is 63.2 Å². The Kier molecular flexibility index (Phi) is 9.47. The highest BCUT2D eigenvalue weighted by Crippen LogP contribution is 2.44. The maximum Gasteiger partial charge on any atom is 0.315 e. The van der Waals surface area contributed by atoms with E-state index in [4.69, 9.17) is 0 Å². The second kappa shape index (κ2) is 11.6. The van der Waals surface area contributed by atoms with Crippen LogP contribution in [0.15, 0.2) is 25.6 Å². The number of carbonyl (C=O) groups excluding carboxylic acids is 2. The first-order valence-corrected chi connectivity index (χ1v) is 11.6. The van der Waals surface area contributed by atoms with Gasteiger partial charge in [-0.15, -0.1) is 0 Å². The van der Waals surface area contributed by atoms with Crippen LogP contribution in [0.1, 0.15) is 29.5 Å². The molecule has 0 bridgehead atoms. The van der Waals surface area contributed by atoms with Crippen molar-refractivity contribution in [3.05, 3.63) is 42.2 Å². The molecule has 0 saturated carbocycles. The highest BCUT2D eigenvalue weighted by molar-refractivity contribution is 9.13. The quantitative estimate of drug-likeness (QED) is 0.144. The number of nitrogens with one attached hydrogen (secondary N) is 2. The Morgan fingerprint density at radius 2 is 1.50 bits per heavy atom. The zero-order valence-corrected chi connectivity index (χ0v) is 21.6. The van der Waals surface area contributed by atoms with Crippen LogP contribution in [0.3, 0.4) is 0 Å². The van der Waals surface area contributed by atoms with E-state index < -0.39 is 6.03 Å². The Morgan fingerprint density at radius 1 is 0.906 bits per heavy atom. The molecule has 0 saturated heterocycles. The number of halogens is 3. The molecule has 12 heteroatoms. The van der Waals surface area contributed by atoms with E-state index in [9.17, 15) is 30.0 Å². The van der Waals surface area contributed by atoms with Gasteiger partial charge >= 0.3 is 12.0 Å². The normalized spacial score (nSPS) is 10.6. The topological polar surface area (TPSA) is 148 Å². The minimum absolute atomic E-state index is 0.0213. The van der Waals surface area contributed by atoms with Crippen molar-refractivity contribution < 1.29 is 34.8 Å². The summed E-state index contributed by atoms with van der Waals surface area (Å²) in [5.41, 5.74) is 1.63. The zero-order chi connectivity index (χ0) is 24.0. The number of rotatable bonds is 8. The van der Waals surface area contributed by atoms with Gasteiger partial charge in [0.15, 0.2) is 23.0 Å². The Hall–Kier alpha value is -2.18. The standard InChI is InChI=1S/C20H21Br3N2O7/c1-32-14(28)3-2-4-24-20(31)25-8-10-7-13(27)18(29)16(22)11(10)5-9-6-12(26)19(30)17(23)15(9)21/h6-7,26-27,29-30H,2-5,8H2,1H3,(H2,24,25,31). The lowest BCUT2D eigenvalue weighted by Gasteiger charge is -2.17. The number of aromatic hydroxyl groups is 4. The molecule has 0 fully saturated rings. The Balaban J connectivity index is 2.19. The summed E-state index contributed by atoms with van der Waals surface area (Å²) in [5, 5.41) is 45.3. The third-order valence-corrected chi connectivity index (χ3v) is 7.59. The van der Waals surface area contributed by atoms with Crippen molar-refractivity contribution in [3.8, 4) is 23.0 Å². The number of urea groups is 1.